The van der Waals surface area contributed by atoms with E-state index in [-0.39, 0.29) is 0 Å². The Bertz CT molecular complexity index is 502. The fraction of sp³-hybridized carbons (Fsp3) is 0.714. The zero-order valence-electron chi connectivity index (χ0n) is 13.7. The van der Waals surface area contributed by atoms with Crippen LogP contribution in [-0.4, -0.2) is 61.2 Å². The third-order valence-corrected chi connectivity index (χ3v) is 2.95. The molecule has 0 aliphatic carbocycles. The SMILES string of the molecule is CC(=O)OC[C@H]1O[C@H]([O])[C@H](OC(C)=O)[C@@H](OC(C)=O)[C@H]1OC(C)=O. The number of carbonyl (C=O) groups is 4. The van der Waals surface area contributed by atoms with Crippen molar-refractivity contribution in [1.82, 2.24) is 0 Å². The van der Waals surface area contributed by atoms with Gasteiger partial charge in [-0.1, -0.05) is 0 Å². The summed E-state index contributed by atoms with van der Waals surface area (Å²) in [5, 5.41) is 12.1. The zero-order chi connectivity index (χ0) is 18.4. The largest absolute Gasteiger partial charge is 0.463 e. The number of carbonyl (C=O) groups excluding carboxylic acids is 4. The Morgan fingerprint density at radius 1 is 0.750 bits per heavy atom. The van der Waals surface area contributed by atoms with Crippen LogP contribution in [-0.2, 0) is 48.0 Å². The van der Waals surface area contributed by atoms with Crippen molar-refractivity contribution in [2.24, 2.45) is 0 Å². The minimum Gasteiger partial charge on any atom is -0.463 e. The van der Waals surface area contributed by atoms with Gasteiger partial charge in [0.1, 0.15) is 12.7 Å². The predicted octanol–water partition coefficient (Wildman–Crippen LogP) is -0.500. The highest BCUT2D eigenvalue weighted by Crippen LogP contribution is 2.28. The van der Waals surface area contributed by atoms with E-state index >= 15 is 0 Å². The van der Waals surface area contributed by atoms with Crippen LogP contribution in [0.1, 0.15) is 27.7 Å². The van der Waals surface area contributed by atoms with Crippen molar-refractivity contribution < 1.29 is 48.0 Å². The molecule has 0 N–H and O–H groups in total. The molecule has 0 spiro atoms. The average Bonchev–Trinajstić information content (AvgIpc) is 2.42. The molecule has 1 heterocycles. The van der Waals surface area contributed by atoms with E-state index < -0.39 is 61.2 Å². The van der Waals surface area contributed by atoms with Crippen molar-refractivity contribution in [1.29, 1.82) is 0 Å². The molecule has 1 saturated heterocycles. The lowest BCUT2D eigenvalue weighted by Gasteiger charge is -2.41. The smallest absolute Gasteiger partial charge is 0.303 e. The Kier molecular flexibility index (Phi) is 7.11. The molecule has 10 nitrogen and oxygen atoms in total. The third-order valence-electron chi connectivity index (χ3n) is 2.95. The van der Waals surface area contributed by atoms with Gasteiger partial charge in [-0.05, 0) is 0 Å². The first-order valence-corrected chi connectivity index (χ1v) is 7.08. The Morgan fingerprint density at radius 3 is 1.67 bits per heavy atom. The van der Waals surface area contributed by atoms with Crippen molar-refractivity contribution in [3.05, 3.63) is 0 Å². The van der Waals surface area contributed by atoms with Gasteiger partial charge in [0.25, 0.3) is 0 Å². The normalized spacial score (nSPS) is 29.3. The molecule has 10 heteroatoms. The quantitative estimate of drug-likeness (QED) is 0.476. The summed E-state index contributed by atoms with van der Waals surface area (Å²) >= 11 is 0. The summed E-state index contributed by atoms with van der Waals surface area (Å²) in [5.41, 5.74) is 0. The molecule has 0 amide bonds. The number of rotatable bonds is 5. The molecule has 1 fully saturated rings. The van der Waals surface area contributed by atoms with Crippen molar-refractivity contribution in [2.45, 2.75) is 58.4 Å². The molecule has 0 saturated carbocycles. The summed E-state index contributed by atoms with van der Waals surface area (Å²) in [5.74, 6) is -2.98. The molecule has 5 atom stereocenters. The summed E-state index contributed by atoms with van der Waals surface area (Å²) in [4.78, 5) is 44.8. The molecule has 1 rings (SSSR count). The first kappa shape index (κ1) is 19.8. The van der Waals surface area contributed by atoms with Crippen molar-refractivity contribution >= 4 is 23.9 Å². The molecule has 1 radical (unpaired) electrons. The molecule has 135 valence electrons. The second kappa shape index (κ2) is 8.60. The topological polar surface area (TPSA) is 134 Å². The van der Waals surface area contributed by atoms with Gasteiger partial charge in [0.2, 0.25) is 6.29 Å². The molecule has 0 aromatic rings. The summed E-state index contributed by atoms with van der Waals surface area (Å²) in [6.07, 6.45) is -7.32. The van der Waals surface area contributed by atoms with Crippen LogP contribution in [0.3, 0.4) is 0 Å². The molecule has 24 heavy (non-hydrogen) atoms. The van der Waals surface area contributed by atoms with Gasteiger partial charge in [0, 0.05) is 27.7 Å². The average molecular weight is 347 g/mol. The highest BCUT2D eigenvalue weighted by Gasteiger charge is 2.52. The van der Waals surface area contributed by atoms with Crippen LogP contribution in [0.4, 0.5) is 0 Å². The van der Waals surface area contributed by atoms with E-state index in [4.69, 9.17) is 23.7 Å². The standard InChI is InChI=1S/C14H19O10/c1-6(15)20-5-10-11(21-7(2)16)12(22-8(3)17)13(14(19)24-10)23-9(4)18/h10-14H,5H2,1-4H3/t10-,11+,12+,13-,14+/m1/s1. The van der Waals surface area contributed by atoms with Crippen molar-refractivity contribution in [3.63, 3.8) is 0 Å². The number of hydrogen-bond donors (Lipinski definition) is 0. The first-order valence-electron chi connectivity index (χ1n) is 7.08. The minimum atomic E-state index is -1.93. The van der Waals surface area contributed by atoms with E-state index in [9.17, 15) is 24.3 Å². The molecular formula is C14H19O10. The number of hydrogen-bond acceptors (Lipinski definition) is 9. The van der Waals surface area contributed by atoms with Crippen molar-refractivity contribution in [3.8, 4) is 0 Å². The Morgan fingerprint density at radius 2 is 1.21 bits per heavy atom. The predicted molar refractivity (Wildman–Crippen MR) is 72.6 cm³/mol. The lowest BCUT2D eigenvalue weighted by Crippen LogP contribution is -2.62. The second-order valence-electron chi connectivity index (χ2n) is 5.07. The second-order valence-corrected chi connectivity index (χ2v) is 5.07. The van der Waals surface area contributed by atoms with Crippen LogP contribution < -0.4 is 0 Å². The van der Waals surface area contributed by atoms with E-state index in [1.807, 2.05) is 0 Å². The van der Waals surface area contributed by atoms with Crippen LogP contribution >= 0.6 is 0 Å². The fourth-order valence-electron chi connectivity index (χ4n) is 2.19. The zero-order valence-corrected chi connectivity index (χ0v) is 13.7. The Labute approximate surface area is 137 Å². The van der Waals surface area contributed by atoms with Crippen LogP contribution in [0.15, 0.2) is 0 Å². The third kappa shape index (κ3) is 5.78. The maximum absolute atomic E-state index is 12.1. The molecule has 1 aliphatic rings. The molecule has 0 aromatic heterocycles. The minimum absolute atomic E-state index is 0.406. The number of esters is 4. The van der Waals surface area contributed by atoms with Crippen LogP contribution in [0.25, 0.3) is 0 Å². The molecule has 0 aromatic carbocycles. The van der Waals surface area contributed by atoms with Gasteiger partial charge in [-0.3, -0.25) is 19.2 Å². The maximum Gasteiger partial charge on any atom is 0.303 e. The van der Waals surface area contributed by atoms with Crippen molar-refractivity contribution in [2.75, 3.05) is 6.61 Å². The van der Waals surface area contributed by atoms with E-state index in [2.05, 4.69) is 0 Å². The lowest BCUT2D eigenvalue weighted by atomic mass is 9.98. The van der Waals surface area contributed by atoms with Gasteiger partial charge in [-0.25, -0.2) is 0 Å². The summed E-state index contributed by atoms with van der Waals surface area (Å²) in [6, 6.07) is 0. The summed E-state index contributed by atoms with van der Waals surface area (Å²) in [7, 11) is 0. The van der Waals surface area contributed by atoms with E-state index in [0.717, 1.165) is 27.7 Å². The van der Waals surface area contributed by atoms with Crippen LogP contribution in [0.5, 0.6) is 0 Å². The van der Waals surface area contributed by atoms with E-state index in [1.54, 1.807) is 0 Å². The highest BCUT2D eigenvalue weighted by molar-refractivity contribution is 5.68. The van der Waals surface area contributed by atoms with E-state index in [0.29, 0.717) is 0 Å². The van der Waals surface area contributed by atoms with Gasteiger partial charge >= 0.3 is 23.9 Å². The molecular weight excluding hydrogens is 328 g/mol. The maximum atomic E-state index is 12.1. The Hall–Kier alpha value is -2.20. The summed E-state index contributed by atoms with van der Waals surface area (Å²) in [6.45, 7) is 3.97. The van der Waals surface area contributed by atoms with Gasteiger partial charge in [0.05, 0.1) is 0 Å². The van der Waals surface area contributed by atoms with Gasteiger partial charge in [0.15, 0.2) is 18.3 Å². The summed E-state index contributed by atoms with van der Waals surface area (Å²) < 4.78 is 24.8. The highest BCUT2D eigenvalue weighted by atomic mass is 16.7. The van der Waals surface area contributed by atoms with Gasteiger partial charge < -0.3 is 23.7 Å². The first-order chi connectivity index (χ1) is 11.1. The monoisotopic (exact) mass is 347 g/mol. The van der Waals surface area contributed by atoms with Crippen LogP contribution in [0, 0.1) is 0 Å². The fourth-order valence-corrected chi connectivity index (χ4v) is 2.19. The lowest BCUT2D eigenvalue weighted by molar-refractivity contribution is -0.310. The van der Waals surface area contributed by atoms with E-state index in [1.165, 1.54) is 0 Å². The number of ether oxygens (including phenoxy) is 5. The molecule has 0 unspecified atom stereocenters. The molecule has 1 aliphatic heterocycles. The van der Waals surface area contributed by atoms with Crippen LogP contribution in [0.2, 0.25) is 0 Å². The van der Waals surface area contributed by atoms with Gasteiger partial charge in [-0.15, -0.1) is 0 Å². The van der Waals surface area contributed by atoms with Gasteiger partial charge in [-0.2, -0.15) is 5.11 Å². The molecule has 0 bridgehead atoms. The Balaban J connectivity index is 3.11.